The summed E-state index contributed by atoms with van der Waals surface area (Å²) in [5.74, 6) is 1.05. The predicted octanol–water partition coefficient (Wildman–Crippen LogP) is 4.17. The fourth-order valence-corrected chi connectivity index (χ4v) is 2.82. The Labute approximate surface area is 103 Å². The van der Waals surface area contributed by atoms with Gasteiger partial charge in [-0.05, 0) is 30.6 Å². The van der Waals surface area contributed by atoms with Crippen LogP contribution in [-0.2, 0) is 4.74 Å². The van der Waals surface area contributed by atoms with Gasteiger partial charge in [-0.25, -0.2) is 0 Å². The molecule has 0 N–H and O–H groups in total. The topological polar surface area (TPSA) is 9.23 Å². The van der Waals surface area contributed by atoms with Crippen LogP contribution in [0.2, 0.25) is 0 Å². The van der Waals surface area contributed by atoms with Crippen LogP contribution in [0, 0.1) is 5.41 Å². The molecular weight excluding hydrogens is 208 g/mol. The lowest BCUT2D eigenvalue weighted by molar-refractivity contribution is 0.176. The van der Waals surface area contributed by atoms with E-state index in [0.717, 1.165) is 12.4 Å². The molecule has 0 saturated heterocycles. The van der Waals surface area contributed by atoms with E-state index < -0.39 is 0 Å². The van der Waals surface area contributed by atoms with Crippen molar-refractivity contribution in [1.82, 2.24) is 0 Å². The molecule has 3 rings (SSSR count). The van der Waals surface area contributed by atoms with Gasteiger partial charge in [-0.2, -0.15) is 0 Å². The minimum Gasteiger partial charge on any atom is -0.493 e. The first-order valence-corrected chi connectivity index (χ1v) is 6.45. The second-order valence-electron chi connectivity index (χ2n) is 5.15. The van der Waals surface area contributed by atoms with Gasteiger partial charge in [0.05, 0.1) is 6.61 Å². The van der Waals surface area contributed by atoms with Crippen LogP contribution in [0.5, 0.6) is 0 Å². The van der Waals surface area contributed by atoms with Gasteiger partial charge in [0.1, 0.15) is 5.76 Å². The number of allylic oxidation sites excluding steroid dienone is 1. The van der Waals surface area contributed by atoms with Crippen molar-refractivity contribution in [2.45, 2.75) is 25.7 Å². The van der Waals surface area contributed by atoms with Crippen molar-refractivity contribution in [2.75, 3.05) is 6.61 Å². The Morgan fingerprint density at radius 3 is 2.53 bits per heavy atom. The summed E-state index contributed by atoms with van der Waals surface area (Å²) in [6, 6.07) is 10.4. The predicted molar refractivity (Wildman–Crippen MR) is 70.4 cm³/mol. The highest BCUT2D eigenvalue weighted by Crippen LogP contribution is 2.44. The Balaban J connectivity index is 1.72. The van der Waals surface area contributed by atoms with Crippen LogP contribution in [0.3, 0.4) is 0 Å². The highest BCUT2D eigenvalue weighted by molar-refractivity contribution is 5.52. The van der Waals surface area contributed by atoms with E-state index in [-0.39, 0.29) is 0 Å². The molecule has 0 unspecified atom stereocenters. The highest BCUT2D eigenvalue weighted by Gasteiger charge is 2.36. The van der Waals surface area contributed by atoms with E-state index in [0.29, 0.717) is 5.41 Å². The number of ether oxygens (including phenoxy) is 1. The second-order valence-corrected chi connectivity index (χ2v) is 5.15. The summed E-state index contributed by atoms with van der Waals surface area (Å²) in [6.07, 6.45) is 11.9. The lowest BCUT2D eigenvalue weighted by Crippen LogP contribution is -2.14. The van der Waals surface area contributed by atoms with Gasteiger partial charge >= 0.3 is 0 Å². The van der Waals surface area contributed by atoms with Crippen LogP contribution >= 0.6 is 0 Å². The van der Waals surface area contributed by atoms with Gasteiger partial charge < -0.3 is 4.74 Å². The third-order valence-electron chi connectivity index (χ3n) is 3.81. The minimum atomic E-state index is 0.371. The summed E-state index contributed by atoms with van der Waals surface area (Å²) in [7, 11) is 0. The van der Waals surface area contributed by atoms with E-state index in [4.69, 9.17) is 4.74 Å². The third-order valence-corrected chi connectivity index (χ3v) is 3.81. The second kappa shape index (κ2) is 4.40. The summed E-state index contributed by atoms with van der Waals surface area (Å²) < 4.78 is 5.79. The SMILES string of the molecule is C1=C(/C=C/c2ccccc2)OCC12CCCC2. The first kappa shape index (κ1) is 10.6. The van der Waals surface area contributed by atoms with Crippen molar-refractivity contribution in [3.8, 4) is 0 Å². The van der Waals surface area contributed by atoms with Crippen molar-refractivity contribution < 1.29 is 4.74 Å². The first-order valence-electron chi connectivity index (χ1n) is 6.45. The molecule has 1 saturated carbocycles. The summed E-state index contributed by atoms with van der Waals surface area (Å²) in [5, 5.41) is 0. The average molecular weight is 226 g/mol. The van der Waals surface area contributed by atoms with Gasteiger partial charge in [-0.15, -0.1) is 0 Å². The van der Waals surface area contributed by atoms with E-state index in [1.165, 1.54) is 31.2 Å². The quantitative estimate of drug-likeness (QED) is 0.735. The van der Waals surface area contributed by atoms with E-state index in [1.807, 2.05) is 6.07 Å². The molecule has 1 nitrogen and oxygen atoms in total. The maximum Gasteiger partial charge on any atom is 0.116 e. The first-order chi connectivity index (χ1) is 8.36. The molecule has 0 radical (unpaired) electrons. The lowest BCUT2D eigenvalue weighted by Gasteiger charge is -2.16. The molecule has 1 aromatic carbocycles. The van der Waals surface area contributed by atoms with E-state index >= 15 is 0 Å². The van der Waals surface area contributed by atoms with Crippen LogP contribution in [0.25, 0.3) is 6.08 Å². The van der Waals surface area contributed by atoms with Crippen LogP contribution in [0.15, 0.2) is 48.2 Å². The van der Waals surface area contributed by atoms with Crippen LogP contribution in [0.1, 0.15) is 31.2 Å². The van der Waals surface area contributed by atoms with Gasteiger partial charge in [0.25, 0.3) is 0 Å². The fourth-order valence-electron chi connectivity index (χ4n) is 2.82. The van der Waals surface area contributed by atoms with E-state index in [1.54, 1.807) is 0 Å². The van der Waals surface area contributed by atoms with E-state index in [9.17, 15) is 0 Å². The zero-order valence-electron chi connectivity index (χ0n) is 10.1. The van der Waals surface area contributed by atoms with Crippen LogP contribution < -0.4 is 0 Å². The molecule has 1 aliphatic heterocycles. The molecule has 0 aromatic heterocycles. The maximum atomic E-state index is 5.79. The molecule has 17 heavy (non-hydrogen) atoms. The Kier molecular flexibility index (Phi) is 2.76. The van der Waals surface area contributed by atoms with Crippen molar-refractivity contribution in [2.24, 2.45) is 5.41 Å². The standard InChI is InChI=1S/C16H18O/c1-2-6-14(7-3-1)8-9-15-12-16(13-17-15)10-4-5-11-16/h1-3,6-9,12H,4-5,10-11,13H2/b9-8+. The Morgan fingerprint density at radius 2 is 1.76 bits per heavy atom. The number of hydrogen-bond donors (Lipinski definition) is 0. The highest BCUT2D eigenvalue weighted by atomic mass is 16.5. The van der Waals surface area contributed by atoms with Crippen molar-refractivity contribution >= 4 is 6.08 Å². The van der Waals surface area contributed by atoms with Gasteiger partial charge in [0, 0.05) is 5.41 Å². The molecule has 0 amide bonds. The van der Waals surface area contributed by atoms with Gasteiger partial charge in [-0.1, -0.05) is 49.2 Å². The molecule has 1 heteroatoms. The van der Waals surface area contributed by atoms with Crippen molar-refractivity contribution in [3.63, 3.8) is 0 Å². The van der Waals surface area contributed by atoms with E-state index in [2.05, 4.69) is 42.5 Å². The van der Waals surface area contributed by atoms with Crippen LogP contribution in [0.4, 0.5) is 0 Å². The third kappa shape index (κ3) is 2.28. The number of hydrogen-bond acceptors (Lipinski definition) is 1. The maximum absolute atomic E-state index is 5.79. The normalized spacial score (nSPS) is 22.0. The largest absolute Gasteiger partial charge is 0.493 e. The molecule has 1 heterocycles. The monoisotopic (exact) mass is 226 g/mol. The molecule has 1 spiro atoms. The molecular formula is C16H18O. The molecule has 0 bridgehead atoms. The van der Waals surface area contributed by atoms with Crippen molar-refractivity contribution in [3.05, 3.63) is 53.8 Å². The summed E-state index contributed by atoms with van der Waals surface area (Å²) in [4.78, 5) is 0. The zero-order chi connectivity index (χ0) is 11.6. The number of rotatable bonds is 2. The molecule has 1 fully saturated rings. The Morgan fingerprint density at radius 1 is 1.00 bits per heavy atom. The Hall–Kier alpha value is -1.50. The fraction of sp³-hybridized carbons (Fsp3) is 0.375. The summed E-state index contributed by atoms with van der Waals surface area (Å²) >= 11 is 0. The smallest absolute Gasteiger partial charge is 0.116 e. The average Bonchev–Trinajstić information content (AvgIpc) is 2.99. The Bertz CT molecular complexity index is 436. The molecule has 88 valence electrons. The van der Waals surface area contributed by atoms with Crippen LogP contribution in [-0.4, -0.2) is 6.61 Å². The molecule has 1 aliphatic carbocycles. The minimum absolute atomic E-state index is 0.371. The number of benzene rings is 1. The molecule has 2 aliphatic rings. The summed E-state index contributed by atoms with van der Waals surface area (Å²) in [6.45, 7) is 0.890. The zero-order valence-corrected chi connectivity index (χ0v) is 10.1. The molecule has 0 atom stereocenters. The van der Waals surface area contributed by atoms with Gasteiger partial charge in [0.15, 0.2) is 0 Å². The lowest BCUT2D eigenvalue weighted by atomic mass is 9.88. The summed E-state index contributed by atoms with van der Waals surface area (Å²) in [5.41, 5.74) is 1.60. The van der Waals surface area contributed by atoms with Gasteiger partial charge in [0.2, 0.25) is 0 Å². The molecule has 1 aromatic rings. The van der Waals surface area contributed by atoms with Gasteiger partial charge in [-0.3, -0.25) is 0 Å². The van der Waals surface area contributed by atoms with Crippen molar-refractivity contribution in [1.29, 1.82) is 0 Å².